The van der Waals surface area contributed by atoms with Crippen molar-refractivity contribution in [2.24, 2.45) is 5.73 Å². The summed E-state index contributed by atoms with van der Waals surface area (Å²) in [5.74, 6) is 0.366. The number of ether oxygens (including phenoxy) is 1. The van der Waals surface area contributed by atoms with Crippen LogP contribution in [0.1, 0.15) is 22.6 Å². The molecule has 1 amide bonds. The first-order chi connectivity index (χ1) is 12.1. The number of hydrogen-bond donors (Lipinski definition) is 2. The van der Waals surface area contributed by atoms with Gasteiger partial charge in [0.1, 0.15) is 17.8 Å². The van der Waals surface area contributed by atoms with Crippen molar-refractivity contribution in [2.45, 2.75) is 18.0 Å². The number of carbonyl (C=O) groups is 1. The van der Waals surface area contributed by atoms with Crippen molar-refractivity contribution in [3.63, 3.8) is 0 Å². The summed E-state index contributed by atoms with van der Waals surface area (Å²) in [6.45, 7) is 0. The topological polar surface area (TPSA) is 103 Å². The second-order valence-corrected chi connectivity index (χ2v) is 6.06. The van der Waals surface area contributed by atoms with Crippen LogP contribution in [0.4, 0.5) is 0 Å². The second kappa shape index (κ2) is 5.78. The van der Waals surface area contributed by atoms with Crippen LogP contribution in [0.3, 0.4) is 0 Å². The zero-order valence-corrected chi connectivity index (χ0v) is 13.6. The van der Waals surface area contributed by atoms with Crippen molar-refractivity contribution < 1.29 is 9.53 Å². The summed E-state index contributed by atoms with van der Waals surface area (Å²) in [4.78, 5) is 25.6. The Morgan fingerprint density at radius 1 is 1.24 bits per heavy atom. The Labute approximate surface area is 144 Å². The molecule has 1 aliphatic rings. The number of hydrogen-bond acceptors (Lipinski definition) is 6. The van der Waals surface area contributed by atoms with Gasteiger partial charge in [0, 0.05) is 11.4 Å². The zero-order valence-electron chi connectivity index (χ0n) is 13.6. The van der Waals surface area contributed by atoms with Gasteiger partial charge in [-0.1, -0.05) is 18.2 Å². The van der Waals surface area contributed by atoms with E-state index in [4.69, 9.17) is 10.5 Å². The lowest BCUT2D eigenvalue weighted by molar-refractivity contribution is 0.0925. The molecule has 2 aromatic heterocycles. The summed E-state index contributed by atoms with van der Waals surface area (Å²) < 4.78 is 5.13. The molecule has 0 saturated heterocycles. The molecule has 7 heteroatoms. The van der Waals surface area contributed by atoms with Crippen molar-refractivity contribution in [3.05, 3.63) is 60.3 Å². The van der Waals surface area contributed by atoms with Crippen molar-refractivity contribution in [3.8, 4) is 5.75 Å². The van der Waals surface area contributed by atoms with E-state index in [1.165, 1.54) is 6.33 Å². The van der Waals surface area contributed by atoms with Crippen LogP contribution in [0.25, 0.3) is 10.9 Å². The summed E-state index contributed by atoms with van der Waals surface area (Å²) >= 11 is 0. The van der Waals surface area contributed by atoms with E-state index in [1.54, 1.807) is 19.4 Å². The highest BCUT2D eigenvalue weighted by molar-refractivity contribution is 6.04. The monoisotopic (exact) mass is 335 g/mol. The molecule has 1 aromatic carbocycles. The van der Waals surface area contributed by atoms with E-state index in [-0.39, 0.29) is 11.9 Å². The number of aromatic nitrogens is 3. The molecule has 7 nitrogen and oxygen atoms in total. The summed E-state index contributed by atoms with van der Waals surface area (Å²) in [6, 6.07) is 10.8. The molecule has 4 rings (SSSR count). The number of nitrogens with one attached hydrogen (secondary N) is 1. The average molecular weight is 335 g/mol. The van der Waals surface area contributed by atoms with Crippen molar-refractivity contribution >= 4 is 16.8 Å². The highest BCUT2D eigenvalue weighted by atomic mass is 16.5. The van der Waals surface area contributed by atoms with Crippen LogP contribution in [-0.2, 0) is 5.54 Å². The summed E-state index contributed by atoms with van der Waals surface area (Å²) in [5.41, 5.74) is 7.22. The highest BCUT2D eigenvalue weighted by Crippen LogP contribution is 2.44. The molecule has 0 bridgehead atoms. The number of methoxy groups -OCH3 is 1. The van der Waals surface area contributed by atoms with Gasteiger partial charge in [-0.05, 0) is 24.6 Å². The van der Waals surface area contributed by atoms with Gasteiger partial charge in [0.05, 0.1) is 30.1 Å². The fraction of sp³-hybridized carbons (Fsp3) is 0.222. The van der Waals surface area contributed by atoms with Crippen LogP contribution in [0.2, 0.25) is 0 Å². The van der Waals surface area contributed by atoms with Crippen LogP contribution in [0.15, 0.2) is 48.9 Å². The van der Waals surface area contributed by atoms with E-state index in [1.807, 2.05) is 30.3 Å². The van der Waals surface area contributed by atoms with E-state index in [9.17, 15) is 4.79 Å². The van der Waals surface area contributed by atoms with Gasteiger partial charge < -0.3 is 15.8 Å². The fourth-order valence-electron chi connectivity index (χ4n) is 3.00. The van der Waals surface area contributed by atoms with E-state index in [2.05, 4.69) is 20.3 Å². The van der Waals surface area contributed by atoms with Gasteiger partial charge in [0.25, 0.3) is 5.91 Å². The Hall–Kier alpha value is -3.06. The lowest BCUT2D eigenvalue weighted by Gasteiger charge is -2.18. The largest absolute Gasteiger partial charge is 0.495 e. The molecule has 0 spiro atoms. The van der Waals surface area contributed by atoms with E-state index in [0.29, 0.717) is 28.9 Å². The molecule has 1 aliphatic carbocycles. The number of rotatable bonds is 4. The number of nitrogens with two attached hydrogens (primary N) is 1. The maximum absolute atomic E-state index is 12.8. The molecule has 0 radical (unpaired) electrons. The molecule has 1 fully saturated rings. The third-order valence-electron chi connectivity index (χ3n) is 4.54. The van der Waals surface area contributed by atoms with Gasteiger partial charge in [-0.3, -0.25) is 9.78 Å². The van der Waals surface area contributed by atoms with E-state index < -0.39 is 5.54 Å². The van der Waals surface area contributed by atoms with Gasteiger partial charge in [-0.25, -0.2) is 9.97 Å². The van der Waals surface area contributed by atoms with Gasteiger partial charge in [-0.2, -0.15) is 0 Å². The number of para-hydroxylation sites is 1. The lowest BCUT2D eigenvalue weighted by Crippen LogP contribution is -2.40. The van der Waals surface area contributed by atoms with Crippen LogP contribution in [-0.4, -0.2) is 34.0 Å². The molecule has 3 aromatic rings. The predicted molar refractivity (Wildman–Crippen MR) is 92.1 cm³/mol. The number of fused-ring (bicyclic) bond motifs is 1. The number of carbonyl (C=O) groups excluding carboxylic acids is 1. The molecule has 0 aliphatic heterocycles. The smallest absolute Gasteiger partial charge is 0.271 e. The highest BCUT2D eigenvalue weighted by Gasteiger charge is 2.56. The quantitative estimate of drug-likeness (QED) is 0.747. The number of pyridine rings is 1. The molecule has 3 N–H and O–H groups in total. The summed E-state index contributed by atoms with van der Waals surface area (Å²) in [5, 5.41) is 3.73. The molecule has 126 valence electrons. The standard InChI is InChI=1S/C18H17N5O2/c1-25-11-6-7-15(20-9-11)18(8-14(18)19)23-17(24)16-12-4-2-3-5-13(12)21-10-22-16/h2-7,9-10,14H,8,19H2,1H3,(H,23,24). The maximum Gasteiger partial charge on any atom is 0.271 e. The van der Waals surface area contributed by atoms with Crippen molar-refractivity contribution in [1.29, 1.82) is 0 Å². The average Bonchev–Trinajstić information content (AvgIpc) is 3.31. The molecule has 1 saturated carbocycles. The normalized spacial score (nSPS) is 21.8. The number of amides is 1. The van der Waals surface area contributed by atoms with E-state index in [0.717, 1.165) is 5.52 Å². The van der Waals surface area contributed by atoms with Crippen LogP contribution < -0.4 is 15.8 Å². The third-order valence-corrected chi connectivity index (χ3v) is 4.54. The van der Waals surface area contributed by atoms with Crippen molar-refractivity contribution in [2.75, 3.05) is 7.11 Å². The summed E-state index contributed by atoms with van der Waals surface area (Å²) in [7, 11) is 1.58. The Kier molecular flexibility index (Phi) is 3.58. The minimum absolute atomic E-state index is 0.189. The first kappa shape index (κ1) is 15.5. The fourth-order valence-corrected chi connectivity index (χ4v) is 3.00. The van der Waals surface area contributed by atoms with Crippen LogP contribution >= 0.6 is 0 Å². The molecule has 2 unspecified atom stereocenters. The summed E-state index contributed by atoms with van der Waals surface area (Å²) in [6.07, 6.45) is 3.64. The van der Waals surface area contributed by atoms with Crippen LogP contribution in [0, 0.1) is 0 Å². The predicted octanol–water partition coefficient (Wildman–Crippen LogP) is 1.39. The Bertz CT molecular complexity index is 938. The Morgan fingerprint density at radius 3 is 2.72 bits per heavy atom. The lowest BCUT2D eigenvalue weighted by atomic mass is 10.1. The minimum Gasteiger partial charge on any atom is -0.495 e. The third kappa shape index (κ3) is 2.58. The Balaban J connectivity index is 1.66. The first-order valence-electron chi connectivity index (χ1n) is 7.92. The van der Waals surface area contributed by atoms with Gasteiger partial charge in [0.2, 0.25) is 0 Å². The van der Waals surface area contributed by atoms with Gasteiger partial charge in [0.15, 0.2) is 0 Å². The maximum atomic E-state index is 12.8. The van der Waals surface area contributed by atoms with E-state index >= 15 is 0 Å². The molecule has 25 heavy (non-hydrogen) atoms. The zero-order chi connectivity index (χ0) is 17.4. The minimum atomic E-state index is -0.671. The van der Waals surface area contributed by atoms with Gasteiger partial charge in [-0.15, -0.1) is 0 Å². The van der Waals surface area contributed by atoms with Crippen LogP contribution in [0.5, 0.6) is 5.75 Å². The molecular formula is C18H17N5O2. The number of benzene rings is 1. The second-order valence-electron chi connectivity index (χ2n) is 6.06. The molecule has 2 heterocycles. The van der Waals surface area contributed by atoms with Crippen molar-refractivity contribution in [1.82, 2.24) is 20.3 Å². The molecule has 2 atom stereocenters. The molecular weight excluding hydrogens is 318 g/mol. The Morgan fingerprint density at radius 2 is 2.04 bits per heavy atom. The SMILES string of the molecule is COc1ccc(C2(NC(=O)c3ncnc4ccccc34)CC2N)nc1. The van der Waals surface area contributed by atoms with Gasteiger partial charge >= 0.3 is 0 Å². The first-order valence-corrected chi connectivity index (χ1v) is 7.92. The number of nitrogens with zero attached hydrogens (tertiary/aromatic N) is 3.